The van der Waals surface area contributed by atoms with Crippen LogP contribution in [0.2, 0.25) is 10.0 Å². The van der Waals surface area contributed by atoms with Gasteiger partial charge < -0.3 is 4.74 Å². The highest BCUT2D eigenvalue weighted by molar-refractivity contribution is 7.09. The Morgan fingerprint density at radius 1 is 1.33 bits per heavy atom. The smallest absolute Gasteiger partial charge is 0.139 e. The van der Waals surface area contributed by atoms with Crippen LogP contribution in [0.5, 0.6) is 5.75 Å². The van der Waals surface area contributed by atoms with Gasteiger partial charge in [0, 0.05) is 22.4 Å². The third-order valence-corrected chi connectivity index (χ3v) is 4.07. The van der Waals surface area contributed by atoms with Crippen molar-refractivity contribution in [3.05, 3.63) is 44.3 Å². The van der Waals surface area contributed by atoms with Gasteiger partial charge in [0.25, 0.3) is 0 Å². The number of halogens is 2. The van der Waals surface area contributed by atoms with Crippen LogP contribution in [0.1, 0.15) is 30.5 Å². The van der Waals surface area contributed by atoms with Gasteiger partial charge in [-0.05, 0) is 12.1 Å². The van der Waals surface area contributed by atoms with Gasteiger partial charge in [0.1, 0.15) is 12.4 Å². The van der Waals surface area contributed by atoms with E-state index in [-0.39, 0.29) is 0 Å². The van der Waals surface area contributed by atoms with E-state index in [4.69, 9.17) is 27.9 Å². The first kappa shape index (κ1) is 13.7. The van der Waals surface area contributed by atoms with Crippen molar-refractivity contribution in [2.24, 2.45) is 0 Å². The molecule has 96 valence electrons. The molecule has 2 rings (SSSR count). The summed E-state index contributed by atoms with van der Waals surface area (Å²) in [6.45, 7) is 4.65. The summed E-state index contributed by atoms with van der Waals surface area (Å²) >= 11 is 13.6. The zero-order valence-electron chi connectivity index (χ0n) is 10.1. The molecule has 0 N–H and O–H groups in total. The van der Waals surface area contributed by atoms with Crippen LogP contribution in [-0.2, 0) is 6.61 Å². The summed E-state index contributed by atoms with van der Waals surface area (Å²) in [5.74, 6) is 1.03. The standard InChI is InChI=1S/C13H13Cl2NOS/c1-8(2)13-16-10(7-18-13)6-17-12-5-9(14)3-4-11(12)15/h3-5,7-8H,6H2,1-2H3. The van der Waals surface area contributed by atoms with Crippen LogP contribution in [-0.4, -0.2) is 4.98 Å². The molecular formula is C13H13Cl2NOS. The van der Waals surface area contributed by atoms with E-state index in [0.717, 1.165) is 10.7 Å². The molecule has 0 saturated heterocycles. The molecule has 0 bridgehead atoms. The van der Waals surface area contributed by atoms with Crippen LogP contribution in [0.4, 0.5) is 0 Å². The number of nitrogens with zero attached hydrogens (tertiary/aromatic N) is 1. The van der Waals surface area contributed by atoms with Gasteiger partial charge in [0.05, 0.1) is 15.7 Å². The van der Waals surface area contributed by atoms with Crippen molar-refractivity contribution in [1.82, 2.24) is 4.98 Å². The molecule has 0 saturated carbocycles. The Balaban J connectivity index is 2.04. The monoisotopic (exact) mass is 301 g/mol. The third kappa shape index (κ3) is 3.37. The number of thiazole rings is 1. The molecule has 2 nitrogen and oxygen atoms in total. The van der Waals surface area contributed by atoms with Gasteiger partial charge in [-0.1, -0.05) is 37.0 Å². The summed E-state index contributed by atoms with van der Waals surface area (Å²) in [7, 11) is 0. The maximum Gasteiger partial charge on any atom is 0.139 e. The Kier molecular flexibility index (Phi) is 4.49. The molecule has 5 heteroatoms. The fourth-order valence-electron chi connectivity index (χ4n) is 1.39. The summed E-state index contributed by atoms with van der Waals surface area (Å²) in [4.78, 5) is 4.49. The normalized spacial score (nSPS) is 10.9. The van der Waals surface area contributed by atoms with Crippen molar-refractivity contribution in [3.63, 3.8) is 0 Å². The van der Waals surface area contributed by atoms with Crippen molar-refractivity contribution in [2.45, 2.75) is 26.4 Å². The van der Waals surface area contributed by atoms with Gasteiger partial charge >= 0.3 is 0 Å². The van der Waals surface area contributed by atoms with E-state index in [1.807, 2.05) is 5.38 Å². The van der Waals surface area contributed by atoms with Gasteiger partial charge in [0.15, 0.2) is 0 Å². The van der Waals surface area contributed by atoms with E-state index >= 15 is 0 Å². The summed E-state index contributed by atoms with van der Waals surface area (Å²) in [5.41, 5.74) is 0.916. The van der Waals surface area contributed by atoms with Gasteiger partial charge in [0.2, 0.25) is 0 Å². The van der Waals surface area contributed by atoms with Crippen molar-refractivity contribution >= 4 is 34.5 Å². The maximum atomic E-state index is 6.02. The lowest BCUT2D eigenvalue weighted by atomic mass is 10.2. The molecule has 0 unspecified atom stereocenters. The Morgan fingerprint density at radius 3 is 2.78 bits per heavy atom. The highest BCUT2D eigenvalue weighted by Crippen LogP contribution is 2.28. The number of aromatic nitrogens is 1. The van der Waals surface area contributed by atoms with Crippen LogP contribution >= 0.6 is 34.5 Å². The van der Waals surface area contributed by atoms with Crippen LogP contribution in [0.3, 0.4) is 0 Å². The Labute approximate surface area is 121 Å². The molecule has 0 fully saturated rings. The molecule has 0 atom stereocenters. The molecule has 1 aromatic carbocycles. The van der Waals surface area contributed by atoms with E-state index in [9.17, 15) is 0 Å². The second kappa shape index (κ2) is 5.91. The topological polar surface area (TPSA) is 22.1 Å². The molecule has 1 heterocycles. The first-order valence-corrected chi connectivity index (χ1v) is 7.22. The van der Waals surface area contributed by atoms with Crippen LogP contribution < -0.4 is 4.74 Å². The second-order valence-corrected chi connectivity index (χ2v) is 5.93. The molecule has 0 amide bonds. The van der Waals surface area contributed by atoms with E-state index in [1.54, 1.807) is 29.5 Å². The summed E-state index contributed by atoms with van der Waals surface area (Å²) < 4.78 is 5.62. The van der Waals surface area contributed by atoms with Crippen LogP contribution in [0.25, 0.3) is 0 Å². The number of hydrogen-bond donors (Lipinski definition) is 0. The Bertz CT molecular complexity index is 540. The van der Waals surface area contributed by atoms with Gasteiger partial charge in [-0.25, -0.2) is 4.98 Å². The zero-order valence-corrected chi connectivity index (χ0v) is 12.4. The van der Waals surface area contributed by atoms with Crippen molar-refractivity contribution in [3.8, 4) is 5.75 Å². The van der Waals surface area contributed by atoms with E-state index in [2.05, 4.69) is 18.8 Å². The second-order valence-electron chi connectivity index (χ2n) is 4.20. The average molecular weight is 302 g/mol. The Morgan fingerprint density at radius 2 is 2.11 bits per heavy atom. The zero-order chi connectivity index (χ0) is 13.1. The van der Waals surface area contributed by atoms with Gasteiger partial charge in [-0.3, -0.25) is 0 Å². The quantitative estimate of drug-likeness (QED) is 0.779. The first-order chi connectivity index (χ1) is 8.56. The third-order valence-electron chi connectivity index (χ3n) is 2.33. The SMILES string of the molecule is CC(C)c1nc(COc2cc(Cl)ccc2Cl)cs1. The van der Waals surface area contributed by atoms with Crippen molar-refractivity contribution in [1.29, 1.82) is 0 Å². The van der Waals surface area contributed by atoms with Gasteiger partial charge in [-0.15, -0.1) is 11.3 Å². The first-order valence-electron chi connectivity index (χ1n) is 5.58. The predicted molar refractivity (Wildman–Crippen MR) is 77.0 cm³/mol. The Hall–Kier alpha value is -0.770. The number of hydrogen-bond acceptors (Lipinski definition) is 3. The number of benzene rings is 1. The fraction of sp³-hybridized carbons (Fsp3) is 0.308. The molecule has 1 aromatic heterocycles. The molecular weight excluding hydrogens is 289 g/mol. The minimum atomic E-state index is 0.406. The summed E-state index contributed by atoms with van der Waals surface area (Å²) in [6, 6.07) is 5.16. The summed E-state index contributed by atoms with van der Waals surface area (Å²) in [6.07, 6.45) is 0. The molecule has 0 radical (unpaired) electrons. The lowest BCUT2D eigenvalue weighted by molar-refractivity contribution is 0.302. The molecule has 0 spiro atoms. The van der Waals surface area contributed by atoms with Crippen LogP contribution in [0.15, 0.2) is 23.6 Å². The van der Waals surface area contributed by atoms with Crippen molar-refractivity contribution < 1.29 is 4.74 Å². The van der Waals surface area contributed by atoms with Crippen LogP contribution in [0, 0.1) is 0 Å². The number of ether oxygens (including phenoxy) is 1. The fourth-order valence-corrected chi connectivity index (χ4v) is 2.55. The van der Waals surface area contributed by atoms with Gasteiger partial charge in [-0.2, -0.15) is 0 Å². The van der Waals surface area contributed by atoms with E-state index in [1.165, 1.54) is 0 Å². The largest absolute Gasteiger partial charge is 0.486 e. The minimum Gasteiger partial charge on any atom is -0.486 e. The lowest BCUT2D eigenvalue weighted by Crippen LogP contribution is -1.97. The lowest BCUT2D eigenvalue weighted by Gasteiger charge is -2.06. The molecule has 18 heavy (non-hydrogen) atoms. The molecule has 0 aliphatic heterocycles. The number of rotatable bonds is 4. The molecule has 0 aliphatic carbocycles. The highest BCUT2D eigenvalue weighted by Gasteiger charge is 2.08. The predicted octanol–water partition coefficient (Wildman–Crippen LogP) is 5.15. The highest BCUT2D eigenvalue weighted by atomic mass is 35.5. The average Bonchev–Trinajstić information content (AvgIpc) is 2.79. The molecule has 2 aromatic rings. The van der Waals surface area contributed by atoms with Crippen molar-refractivity contribution in [2.75, 3.05) is 0 Å². The van der Waals surface area contributed by atoms with E-state index < -0.39 is 0 Å². The van der Waals surface area contributed by atoms with E-state index in [0.29, 0.717) is 28.3 Å². The molecule has 0 aliphatic rings. The maximum absolute atomic E-state index is 6.02. The minimum absolute atomic E-state index is 0.406. The summed E-state index contributed by atoms with van der Waals surface area (Å²) in [5, 5.41) is 4.29.